The minimum Gasteiger partial charge on any atom is -0.373 e. The Morgan fingerprint density at radius 2 is 2.07 bits per heavy atom. The molecular formula is C12H15BrO. The van der Waals surface area contributed by atoms with Crippen LogP contribution in [0.3, 0.4) is 0 Å². The maximum Gasteiger partial charge on any atom is 0.0732 e. The van der Waals surface area contributed by atoms with Gasteiger partial charge in [0.25, 0.3) is 0 Å². The number of ether oxygens (including phenoxy) is 1. The summed E-state index contributed by atoms with van der Waals surface area (Å²) in [5, 5.41) is 0. The first-order valence-corrected chi connectivity index (χ1v) is 5.60. The van der Waals surface area contributed by atoms with Gasteiger partial charge in [0.1, 0.15) is 0 Å². The maximum atomic E-state index is 5.49. The van der Waals surface area contributed by atoms with E-state index in [4.69, 9.17) is 4.74 Å². The largest absolute Gasteiger partial charge is 0.373 e. The van der Waals surface area contributed by atoms with E-state index in [1.807, 2.05) is 18.2 Å². The molecule has 0 radical (unpaired) electrons. The van der Waals surface area contributed by atoms with Crippen molar-refractivity contribution in [3.63, 3.8) is 0 Å². The van der Waals surface area contributed by atoms with Crippen molar-refractivity contribution in [2.75, 3.05) is 6.61 Å². The minimum atomic E-state index is 0.662. The van der Waals surface area contributed by atoms with Gasteiger partial charge in [-0.3, -0.25) is 0 Å². The van der Waals surface area contributed by atoms with Gasteiger partial charge >= 0.3 is 0 Å². The van der Waals surface area contributed by atoms with Crippen LogP contribution in [0.25, 0.3) is 0 Å². The smallest absolute Gasteiger partial charge is 0.0732 e. The Morgan fingerprint density at radius 3 is 2.79 bits per heavy atom. The van der Waals surface area contributed by atoms with Crippen molar-refractivity contribution in [2.45, 2.75) is 20.0 Å². The molecule has 0 aromatic heterocycles. The zero-order valence-electron chi connectivity index (χ0n) is 8.37. The van der Waals surface area contributed by atoms with Gasteiger partial charge in [0.05, 0.1) is 13.2 Å². The Labute approximate surface area is 93.9 Å². The quantitative estimate of drug-likeness (QED) is 0.572. The standard InChI is InChI=1S/C12H15BrO/c1-2-3-6-9-14-10-11-7-4-5-8-12(11)13/h3-8H,2,9-10H2,1H3/b6-3-. The van der Waals surface area contributed by atoms with E-state index in [0.717, 1.165) is 10.9 Å². The van der Waals surface area contributed by atoms with Gasteiger partial charge in [-0.15, -0.1) is 0 Å². The highest BCUT2D eigenvalue weighted by Crippen LogP contribution is 2.16. The lowest BCUT2D eigenvalue weighted by Gasteiger charge is -2.03. The zero-order chi connectivity index (χ0) is 10.2. The fourth-order valence-electron chi connectivity index (χ4n) is 1.09. The monoisotopic (exact) mass is 254 g/mol. The van der Waals surface area contributed by atoms with E-state index in [1.54, 1.807) is 0 Å². The van der Waals surface area contributed by atoms with E-state index in [1.165, 1.54) is 5.56 Å². The Kier molecular flexibility index (Phi) is 5.57. The van der Waals surface area contributed by atoms with Gasteiger partial charge in [-0.2, -0.15) is 0 Å². The molecule has 1 nitrogen and oxygen atoms in total. The zero-order valence-corrected chi connectivity index (χ0v) is 9.96. The second kappa shape index (κ2) is 6.80. The van der Waals surface area contributed by atoms with E-state index in [2.05, 4.69) is 41.1 Å². The molecule has 0 aliphatic carbocycles. The molecule has 1 aromatic rings. The van der Waals surface area contributed by atoms with Crippen LogP contribution in [-0.2, 0) is 11.3 Å². The predicted octanol–water partition coefficient (Wildman–Crippen LogP) is 3.93. The molecule has 0 atom stereocenters. The summed E-state index contributed by atoms with van der Waals surface area (Å²) in [5.74, 6) is 0. The molecule has 0 saturated carbocycles. The van der Waals surface area contributed by atoms with Crippen molar-refractivity contribution in [3.05, 3.63) is 46.5 Å². The summed E-state index contributed by atoms with van der Waals surface area (Å²) in [6.45, 7) is 3.47. The maximum absolute atomic E-state index is 5.49. The second-order valence-electron chi connectivity index (χ2n) is 2.99. The average molecular weight is 255 g/mol. The summed E-state index contributed by atoms with van der Waals surface area (Å²) in [4.78, 5) is 0. The first-order valence-electron chi connectivity index (χ1n) is 4.80. The van der Waals surface area contributed by atoms with Gasteiger partial charge in [0, 0.05) is 4.47 Å². The Balaban J connectivity index is 2.31. The summed E-state index contributed by atoms with van der Waals surface area (Å²) < 4.78 is 6.60. The Morgan fingerprint density at radius 1 is 1.29 bits per heavy atom. The number of halogens is 1. The molecule has 0 fully saturated rings. The second-order valence-corrected chi connectivity index (χ2v) is 3.84. The molecule has 1 aromatic carbocycles. The van der Waals surface area contributed by atoms with Gasteiger partial charge in [-0.05, 0) is 18.1 Å². The highest BCUT2D eigenvalue weighted by Gasteiger charge is 1.96. The van der Waals surface area contributed by atoms with E-state index in [-0.39, 0.29) is 0 Å². The van der Waals surface area contributed by atoms with Crippen LogP contribution >= 0.6 is 15.9 Å². The normalized spacial score (nSPS) is 11.0. The molecule has 0 aliphatic heterocycles. The minimum absolute atomic E-state index is 0.662. The summed E-state index contributed by atoms with van der Waals surface area (Å²) in [7, 11) is 0. The third-order valence-corrected chi connectivity index (χ3v) is 2.61. The number of allylic oxidation sites excluding steroid dienone is 1. The molecule has 0 aliphatic rings. The predicted molar refractivity (Wildman–Crippen MR) is 63.2 cm³/mol. The van der Waals surface area contributed by atoms with Gasteiger partial charge in [0.2, 0.25) is 0 Å². The Hall–Kier alpha value is -0.600. The topological polar surface area (TPSA) is 9.23 Å². The lowest BCUT2D eigenvalue weighted by Crippen LogP contribution is -1.93. The van der Waals surface area contributed by atoms with E-state index in [9.17, 15) is 0 Å². The number of hydrogen-bond donors (Lipinski definition) is 0. The molecule has 0 N–H and O–H groups in total. The molecule has 0 bridgehead atoms. The van der Waals surface area contributed by atoms with Gasteiger partial charge in [-0.1, -0.05) is 53.2 Å². The van der Waals surface area contributed by atoms with Crippen molar-refractivity contribution in [1.29, 1.82) is 0 Å². The van der Waals surface area contributed by atoms with E-state index >= 15 is 0 Å². The van der Waals surface area contributed by atoms with Crippen LogP contribution in [0.5, 0.6) is 0 Å². The molecule has 0 heterocycles. The van der Waals surface area contributed by atoms with E-state index in [0.29, 0.717) is 13.2 Å². The summed E-state index contributed by atoms with van der Waals surface area (Å²) in [6.07, 6.45) is 5.23. The SMILES string of the molecule is CC/C=C\COCc1ccccc1Br. The lowest BCUT2D eigenvalue weighted by molar-refractivity contribution is 0.148. The molecule has 76 valence electrons. The van der Waals surface area contributed by atoms with E-state index < -0.39 is 0 Å². The number of benzene rings is 1. The van der Waals surface area contributed by atoms with Crippen LogP contribution in [0.4, 0.5) is 0 Å². The summed E-state index contributed by atoms with van der Waals surface area (Å²) in [6, 6.07) is 8.12. The molecule has 0 spiro atoms. The van der Waals surface area contributed by atoms with Crippen LogP contribution < -0.4 is 0 Å². The molecular weight excluding hydrogens is 240 g/mol. The lowest BCUT2D eigenvalue weighted by atomic mass is 10.2. The highest BCUT2D eigenvalue weighted by atomic mass is 79.9. The van der Waals surface area contributed by atoms with Crippen LogP contribution in [0, 0.1) is 0 Å². The van der Waals surface area contributed by atoms with Crippen molar-refractivity contribution in [1.82, 2.24) is 0 Å². The number of rotatable bonds is 5. The highest BCUT2D eigenvalue weighted by molar-refractivity contribution is 9.10. The third-order valence-electron chi connectivity index (χ3n) is 1.83. The van der Waals surface area contributed by atoms with Crippen molar-refractivity contribution < 1.29 is 4.74 Å². The molecule has 2 heteroatoms. The van der Waals surface area contributed by atoms with Crippen molar-refractivity contribution in [3.8, 4) is 0 Å². The van der Waals surface area contributed by atoms with Crippen molar-refractivity contribution >= 4 is 15.9 Å². The van der Waals surface area contributed by atoms with Crippen molar-refractivity contribution in [2.24, 2.45) is 0 Å². The van der Waals surface area contributed by atoms with Gasteiger partial charge < -0.3 is 4.74 Å². The summed E-state index contributed by atoms with van der Waals surface area (Å²) in [5.41, 5.74) is 1.19. The van der Waals surface area contributed by atoms with Crippen LogP contribution in [0.15, 0.2) is 40.9 Å². The van der Waals surface area contributed by atoms with Crippen LogP contribution in [0.2, 0.25) is 0 Å². The molecule has 14 heavy (non-hydrogen) atoms. The average Bonchev–Trinajstić information content (AvgIpc) is 2.20. The van der Waals surface area contributed by atoms with Gasteiger partial charge in [0.15, 0.2) is 0 Å². The van der Waals surface area contributed by atoms with Crippen LogP contribution in [0.1, 0.15) is 18.9 Å². The first kappa shape index (κ1) is 11.5. The summed E-state index contributed by atoms with van der Waals surface area (Å²) >= 11 is 3.48. The Bertz CT molecular complexity index is 294. The number of hydrogen-bond acceptors (Lipinski definition) is 1. The molecule has 0 unspecified atom stereocenters. The molecule has 0 saturated heterocycles. The third kappa shape index (κ3) is 4.07. The fourth-order valence-corrected chi connectivity index (χ4v) is 1.49. The fraction of sp³-hybridized carbons (Fsp3) is 0.333. The molecule has 0 amide bonds. The van der Waals surface area contributed by atoms with Gasteiger partial charge in [-0.25, -0.2) is 0 Å². The first-order chi connectivity index (χ1) is 6.84. The van der Waals surface area contributed by atoms with Crippen LogP contribution in [-0.4, -0.2) is 6.61 Å². The molecule has 1 rings (SSSR count).